The van der Waals surface area contributed by atoms with Crippen molar-refractivity contribution in [3.8, 4) is 0 Å². The summed E-state index contributed by atoms with van der Waals surface area (Å²) in [5.74, 6) is 0.966. The largest absolute Gasteiger partial charge is 0.449 e. The number of aromatic amines is 1. The molecule has 2 aromatic heterocycles. The molecule has 23 heavy (non-hydrogen) atoms. The first-order valence-corrected chi connectivity index (χ1v) is 7.89. The lowest BCUT2D eigenvalue weighted by atomic mass is 10.1. The van der Waals surface area contributed by atoms with Crippen molar-refractivity contribution in [2.24, 2.45) is 5.92 Å². The number of nitrogens with one attached hydrogen (secondary N) is 1. The van der Waals surface area contributed by atoms with Gasteiger partial charge in [0.2, 0.25) is 5.58 Å². The minimum atomic E-state index is -0.239. The van der Waals surface area contributed by atoms with Crippen LogP contribution in [0.2, 0.25) is 0 Å². The maximum absolute atomic E-state index is 12.3. The molecule has 1 aliphatic heterocycles. The molecule has 1 aromatic carbocycles. The van der Waals surface area contributed by atoms with Gasteiger partial charge in [-0.05, 0) is 37.9 Å². The van der Waals surface area contributed by atoms with Crippen molar-refractivity contribution in [1.82, 2.24) is 14.9 Å². The van der Waals surface area contributed by atoms with Crippen LogP contribution in [-0.4, -0.2) is 39.7 Å². The van der Waals surface area contributed by atoms with E-state index < -0.39 is 0 Å². The molecule has 1 atom stereocenters. The molecule has 120 valence electrons. The highest BCUT2D eigenvalue weighted by molar-refractivity contribution is 6.02. The van der Waals surface area contributed by atoms with Crippen LogP contribution in [0.5, 0.6) is 0 Å². The summed E-state index contributed by atoms with van der Waals surface area (Å²) in [6.07, 6.45) is 0.983. The molecule has 1 aliphatic rings. The highest BCUT2D eigenvalue weighted by Crippen LogP contribution is 2.26. The van der Waals surface area contributed by atoms with E-state index in [1.807, 2.05) is 25.1 Å². The fourth-order valence-electron chi connectivity index (χ4n) is 3.31. The maximum atomic E-state index is 12.3. The summed E-state index contributed by atoms with van der Waals surface area (Å²) in [6, 6.07) is 5.83. The Balaban J connectivity index is 1.75. The van der Waals surface area contributed by atoms with Gasteiger partial charge in [-0.25, -0.2) is 4.98 Å². The van der Waals surface area contributed by atoms with Crippen LogP contribution in [0.1, 0.15) is 17.8 Å². The van der Waals surface area contributed by atoms with Gasteiger partial charge in [-0.3, -0.25) is 9.69 Å². The van der Waals surface area contributed by atoms with Crippen LogP contribution in [-0.2, 0) is 6.54 Å². The second-order valence-electron chi connectivity index (χ2n) is 6.36. The van der Waals surface area contributed by atoms with Gasteiger partial charge in [-0.2, -0.15) is 0 Å². The highest BCUT2D eigenvalue weighted by Gasteiger charge is 2.23. The average molecular weight is 313 g/mol. The van der Waals surface area contributed by atoms with Gasteiger partial charge in [0.15, 0.2) is 0 Å². The van der Waals surface area contributed by atoms with E-state index in [0.29, 0.717) is 29.4 Å². The van der Waals surface area contributed by atoms with Gasteiger partial charge in [-0.15, -0.1) is 0 Å². The molecule has 4 rings (SSSR count). The minimum absolute atomic E-state index is 0.213. The number of likely N-dealkylation sites (tertiary alicyclic amines) is 1. The number of hydrogen-bond donors (Lipinski definition) is 2. The summed E-state index contributed by atoms with van der Waals surface area (Å²) in [6.45, 7) is 4.55. The Morgan fingerprint density at radius 1 is 1.48 bits per heavy atom. The Kier molecular flexibility index (Phi) is 3.43. The van der Waals surface area contributed by atoms with Crippen LogP contribution in [0.4, 0.5) is 0 Å². The van der Waals surface area contributed by atoms with Crippen molar-refractivity contribution in [1.29, 1.82) is 0 Å². The number of rotatable bonds is 3. The third-order valence-corrected chi connectivity index (χ3v) is 4.53. The van der Waals surface area contributed by atoms with E-state index in [0.717, 1.165) is 30.5 Å². The van der Waals surface area contributed by atoms with Crippen LogP contribution in [0.15, 0.2) is 27.4 Å². The Hall–Kier alpha value is -2.18. The number of fused-ring (bicyclic) bond motifs is 3. The predicted octanol–water partition coefficient (Wildman–Crippen LogP) is 1.79. The molecule has 3 heterocycles. The number of aliphatic hydroxyl groups is 1. The topological polar surface area (TPSA) is 82.4 Å². The quantitative estimate of drug-likeness (QED) is 0.770. The summed E-state index contributed by atoms with van der Waals surface area (Å²) in [5, 5.41) is 10.1. The number of aromatic nitrogens is 2. The number of aryl methyl sites for hydroxylation is 1. The van der Waals surface area contributed by atoms with Gasteiger partial charge in [0, 0.05) is 18.5 Å². The molecule has 1 fully saturated rings. The van der Waals surface area contributed by atoms with Crippen molar-refractivity contribution in [3.63, 3.8) is 0 Å². The monoisotopic (exact) mass is 313 g/mol. The lowest BCUT2D eigenvalue weighted by Gasteiger charge is -2.14. The SMILES string of the molecule is Cc1ccc2oc3c(=O)[nH]c(CN4CC[C@H](CO)C4)nc3c2c1. The molecular weight excluding hydrogens is 294 g/mol. The number of H-pyrrole nitrogens is 1. The molecule has 0 unspecified atom stereocenters. The van der Waals surface area contributed by atoms with Crippen molar-refractivity contribution >= 4 is 22.1 Å². The predicted molar refractivity (Wildman–Crippen MR) is 87.3 cm³/mol. The van der Waals surface area contributed by atoms with E-state index in [-0.39, 0.29) is 17.7 Å². The number of furan rings is 1. The van der Waals surface area contributed by atoms with Crippen LogP contribution < -0.4 is 5.56 Å². The Morgan fingerprint density at radius 2 is 2.35 bits per heavy atom. The zero-order valence-corrected chi connectivity index (χ0v) is 13.0. The first-order chi connectivity index (χ1) is 11.1. The van der Waals surface area contributed by atoms with Crippen LogP contribution >= 0.6 is 0 Å². The van der Waals surface area contributed by atoms with E-state index in [4.69, 9.17) is 4.42 Å². The lowest BCUT2D eigenvalue weighted by Crippen LogP contribution is -2.24. The molecule has 3 aromatic rings. The fourth-order valence-corrected chi connectivity index (χ4v) is 3.31. The summed E-state index contributed by atoms with van der Waals surface area (Å²) in [7, 11) is 0. The Labute approximate surface area is 132 Å². The van der Waals surface area contributed by atoms with Gasteiger partial charge < -0.3 is 14.5 Å². The van der Waals surface area contributed by atoms with Gasteiger partial charge in [0.25, 0.3) is 5.56 Å². The first-order valence-electron chi connectivity index (χ1n) is 7.89. The molecule has 0 radical (unpaired) electrons. The molecule has 0 spiro atoms. The molecule has 0 aliphatic carbocycles. The van der Waals surface area contributed by atoms with Gasteiger partial charge in [-0.1, -0.05) is 11.6 Å². The Bertz CT molecular complexity index is 928. The van der Waals surface area contributed by atoms with E-state index >= 15 is 0 Å². The van der Waals surface area contributed by atoms with Gasteiger partial charge >= 0.3 is 0 Å². The van der Waals surface area contributed by atoms with Gasteiger partial charge in [0.1, 0.15) is 16.9 Å². The van der Waals surface area contributed by atoms with Crippen LogP contribution in [0, 0.1) is 12.8 Å². The summed E-state index contributed by atoms with van der Waals surface area (Å²) in [4.78, 5) is 22.0. The highest BCUT2D eigenvalue weighted by atomic mass is 16.3. The van der Waals surface area contributed by atoms with Crippen molar-refractivity contribution in [2.75, 3.05) is 19.7 Å². The van der Waals surface area contributed by atoms with E-state index in [9.17, 15) is 9.90 Å². The van der Waals surface area contributed by atoms with Crippen LogP contribution in [0.3, 0.4) is 0 Å². The molecule has 2 N–H and O–H groups in total. The van der Waals surface area contributed by atoms with Crippen LogP contribution in [0.25, 0.3) is 22.1 Å². The third kappa shape index (κ3) is 2.54. The maximum Gasteiger partial charge on any atom is 0.294 e. The normalized spacial score (nSPS) is 19.1. The van der Waals surface area contributed by atoms with Gasteiger partial charge in [0.05, 0.1) is 6.54 Å². The summed E-state index contributed by atoms with van der Waals surface area (Å²) in [5.41, 5.74) is 2.46. The summed E-state index contributed by atoms with van der Waals surface area (Å²) >= 11 is 0. The number of aliphatic hydroxyl groups excluding tert-OH is 1. The Morgan fingerprint density at radius 3 is 3.13 bits per heavy atom. The molecular formula is C17H19N3O3. The standard InChI is InChI=1S/C17H19N3O3/c1-10-2-3-13-12(6-10)15-16(23-13)17(22)19-14(18-15)8-20-5-4-11(7-20)9-21/h2-3,6,11,21H,4-5,7-9H2,1H3,(H,18,19,22)/t11-/m0/s1. The first kappa shape index (κ1) is 14.4. The fraction of sp³-hybridized carbons (Fsp3) is 0.412. The zero-order valence-electron chi connectivity index (χ0n) is 13.0. The second-order valence-corrected chi connectivity index (χ2v) is 6.36. The summed E-state index contributed by atoms with van der Waals surface area (Å²) < 4.78 is 5.64. The number of hydrogen-bond acceptors (Lipinski definition) is 5. The molecule has 0 bridgehead atoms. The molecule has 0 amide bonds. The van der Waals surface area contributed by atoms with Crippen molar-refractivity contribution < 1.29 is 9.52 Å². The van der Waals surface area contributed by atoms with E-state index in [2.05, 4.69) is 14.9 Å². The lowest BCUT2D eigenvalue weighted by molar-refractivity contribution is 0.219. The smallest absolute Gasteiger partial charge is 0.294 e. The minimum Gasteiger partial charge on any atom is -0.449 e. The van der Waals surface area contributed by atoms with E-state index in [1.165, 1.54) is 0 Å². The number of benzene rings is 1. The number of nitrogens with zero attached hydrogens (tertiary/aromatic N) is 2. The average Bonchev–Trinajstić information content (AvgIpc) is 3.12. The van der Waals surface area contributed by atoms with Crippen molar-refractivity contribution in [3.05, 3.63) is 39.9 Å². The second kappa shape index (κ2) is 5.47. The van der Waals surface area contributed by atoms with E-state index in [1.54, 1.807) is 0 Å². The molecule has 0 saturated carbocycles. The third-order valence-electron chi connectivity index (χ3n) is 4.53. The molecule has 6 nitrogen and oxygen atoms in total. The zero-order chi connectivity index (χ0) is 16.0. The van der Waals surface area contributed by atoms with Crippen molar-refractivity contribution in [2.45, 2.75) is 19.9 Å². The molecule has 1 saturated heterocycles. The molecule has 6 heteroatoms.